The van der Waals surface area contributed by atoms with Crippen molar-refractivity contribution in [3.05, 3.63) is 118 Å². The predicted molar refractivity (Wildman–Crippen MR) is 243 cm³/mol. The second-order valence-corrected chi connectivity index (χ2v) is 16.5. The van der Waals surface area contributed by atoms with Crippen molar-refractivity contribution in [2.75, 3.05) is 37.1 Å². The van der Waals surface area contributed by atoms with Gasteiger partial charge in [0.15, 0.2) is 28.7 Å². The number of carbonyl (C=O) groups is 2. The molecule has 1 saturated heterocycles. The summed E-state index contributed by atoms with van der Waals surface area (Å²) in [7, 11) is 0. The van der Waals surface area contributed by atoms with Gasteiger partial charge >= 0.3 is 0 Å². The summed E-state index contributed by atoms with van der Waals surface area (Å²) in [4.78, 5) is 25.1. The smallest absolute Gasteiger partial charge is 0.277 e. The third-order valence-corrected chi connectivity index (χ3v) is 9.62. The topological polar surface area (TPSA) is 206 Å². The monoisotopic (exact) mass is 932 g/mol. The van der Waals surface area contributed by atoms with Gasteiger partial charge in [-0.2, -0.15) is 0 Å². The minimum atomic E-state index is -0.941. The molecule has 65 heavy (non-hydrogen) atoms. The summed E-state index contributed by atoms with van der Waals surface area (Å²) < 4.78 is 44.3. The molecule has 4 N–H and O–H groups in total. The van der Waals surface area contributed by atoms with Crippen LogP contribution in [-0.4, -0.2) is 89.0 Å². The van der Waals surface area contributed by atoms with Crippen LogP contribution in [0, 0.1) is 0 Å². The summed E-state index contributed by atoms with van der Waals surface area (Å²) in [5, 5.41) is 32.1. The van der Waals surface area contributed by atoms with Gasteiger partial charge in [0.2, 0.25) is 0 Å². The second kappa shape index (κ2) is 22.2. The molecule has 16 nitrogen and oxygen atoms in total. The highest BCUT2D eigenvalue weighted by Gasteiger charge is 2.33. The van der Waals surface area contributed by atoms with E-state index in [2.05, 4.69) is 20.9 Å². The quantitative estimate of drug-likeness (QED) is 0.0673. The van der Waals surface area contributed by atoms with E-state index in [-0.39, 0.29) is 42.9 Å². The molecule has 2 unspecified atom stereocenters. The normalized spacial score (nSPS) is 14.6. The number of aliphatic hydroxyl groups excluding tert-OH is 2. The molecule has 7 rings (SSSR count). The number of ether oxygens (including phenoxy) is 6. The molecule has 3 heterocycles. The minimum absolute atomic E-state index is 0.00422. The fourth-order valence-electron chi connectivity index (χ4n) is 5.99. The highest BCUT2D eigenvalue weighted by atomic mass is 35.5. The van der Waals surface area contributed by atoms with Crippen molar-refractivity contribution in [3.63, 3.8) is 0 Å². The van der Waals surface area contributed by atoms with Gasteiger partial charge in [0.05, 0.1) is 35.5 Å². The number of hydrogen-bond acceptors (Lipinski definition) is 14. The lowest BCUT2D eigenvalue weighted by atomic mass is 10.1. The maximum atomic E-state index is 12.6. The zero-order valence-corrected chi connectivity index (χ0v) is 38.0. The van der Waals surface area contributed by atoms with Crippen LogP contribution in [0.25, 0.3) is 22.6 Å². The number of carbonyl (C=O) groups excluding carboxylic acids is 2. The van der Waals surface area contributed by atoms with E-state index in [0.717, 1.165) is 5.56 Å². The molecule has 1 aliphatic rings. The Labute approximate surface area is 385 Å². The van der Waals surface area contributed by atoms with Gasteiger partial charge < -0.3 is 58.3 Å². The van der Waals surface area contributed by atoms with Crippen LogP contribution in [0.2, 0.25) is 10.0 Å². The number of halogens is 2. The Balaban J connectivity index is 0.000000216. The summed E-state index contributed by atoms with van der Waals surface area (Å²) in [5.41, 5.74) is 2.74. The Morgan fingerprint density at radius 3 is 1.58 bits per heavy atom. The van der Waals surface area contributed by atoms with Crippen LogP contribution < -0.4 is 29.6 Å². The molecule has 1 aliphatic heterocycles. The number of rotatable bonds is 17. The van der Waals surface area contributed by atoms with Crippen LogP contribution in [0.4, 0.5) is 11.4 Å². The number of aromatic nitrogens is 2. The lowest BCUT2D eigenvalue weighted by Crippen LogP contribution is -2.25. The zero-order chi connectivity index (χ0) is 46.7. The van der Waals surface area contributed by atoms with Crippen LogP contribution in [-0.2, 0) is 9.47 Å². The number of hydrogen-bond donors (Lipinski definition) is 4. The number of amides is 2. The van der Waals surface area contributed by atoms with Crippen LogP contribution >= 0.6 is 23.2 Å². The number of aliphatic hydroxyl groups is 2. The SMILES string of the molecule is CC(C)Oc1ccc(NC(=O)c2cc(-c3ccc(OCC(O)CO)cc3)on2)cc1Cl.CC(C)Oc1ccc(NC(=O)c2cc(-c3ccc(OCC4COC(C)(C)O4)cc3)on2)cc1Cl. The molecule has 6 aromatic rings. The van der Waals surface area contributed by atoms with Crippen molar-refractivity contribution in [1.82, 2.24) is 10.3 Å². The van der Waals surface area contributed by atoms with Crippen LogP contribution in [0.5, 0.6) is 23.0 Å². The Hall–Kier alpha value is -6.14. The highest BCUT2D eigenvalue weighted by Crippen LogP contribution is 2.31. The molecule has 0 bridgehead atoms. The molecule has 0 saturated carbocycles. The molecule has 4 aromatic carbocycles. The molecular weight excluding hydrogens is 883 g/mol. The fourth-order valence-corrected chi connectivity index (χ4v) is 6.44. The van der Waals surface area contributed by atoms with E-state index in [1.165, 1.54) is 6.07 Å². The second-order valence-electron chi connectivity index (χ2n) is 15.6. The van der Waals surface area contributed by atoms with E-state index in [1.807, 2.05) is 65.8 Å². The molecule has 2 aromatic heterocycles. The van der Waals surface area contributed by atoms with Crippen molar-refractivity contribution in [2.24, 2.45) is 0 Å². The number of benzene rings is 4. The van der Waals surface area contributed by atoms with Gasteiger partial charge in [-0.05, 0) is 126 Å². The van der Waals surface area contributed by atoms with Gasteiger partial charge in [-0.3, -0.25) is 9.59 Å². The first-order valence-electron chi connectivity index (χ1n) is 20.6. The molecule has 344 valence electrons. The van der Waals surface area contributed by atoms with Crippen LogP contribution in [0.15, 0.2) is 106 Å². The first kappa shape index (κ1) is 48.3. The number of nitrogens with zero attached hydrogens (tertiary/aromatic N) is 2. The van der Waals surface area contributed by atoms with Crippen molar-refractivity contribution < 1.29 is 57.3 Å². The molecule has 0 aliphatic carbocycles. The van der Waals surface area contributed by atoms with Gasteiger partial charge in [0.25, 0.3) is 11.8 Å². The molecule has 1 fully saturated rings. The summed E-state index contributed by atoms with van der Waals surface area (Å²) in [6.45, 7) is 11.9. The molecule has 0 spiro atoms. The molecular formula is C47H50Cl2N4O12. The van der Waals surface area contributed by atoms with Gasteiger partial charge in [-0.1, -0.05) is 33.5 Å². The van der Waals surface area contributed by atoms with E-state index in [4.69, 9.17) is 65.8 Å². The molecule has 0 radical (unpaired) electrons. The largest absolute Gasteiger partial charge is 0.491 e. The Morgan fingerprint density at radius 1 is 0.723 bits per heavy atom. The van der Waals surface area contributed by atoms with E-state index < -0.39 is 23.7 Å². The number of nitrogens with one attached hydrogen (secondary N) is 2. The first-order valence-corrected chi connectivity index (χ1v) is 21.4. The van der Waals surface area contributed by atoms with Crippen molar-refractivity contribution in [2.45, 2.75) is 71.7 Å². The zero-order valence-electron chi connectivity index (χ0n) is 36.5. The number of anilines is 2. The summed E-state index contributed by atoms with van der Waals surface area (Å²) in [5.74, 6) is 1.75. The summed E-state index contributed by atoms with van der Waals surface area (Å²) in [6.07, 6.45) is -1.07. The first-order chi connectivity index (χ1) is 31.0. The average molecular weight is 934 g/mol. The molecule has 2 atom stereocenters. The van der Waals surface area contributed by atoms with E-state index in [1.54, 1.807) is 66.7 Å². The van der Waals surface area contributed by atoms with Gasteiger partial charge in [-0.15, -0.1) is 0 Å². The standard InChI is InChI=1S/C25H27ClN2O6.C22H23ClN2O6/c1-15(2)32-22-10-7-17(11-20(22)26)27-24(29)21-12-23(34-28-21)16-5-8-18(9-6-16)30-13-19-14-31-25(3,4)33-19;1-13(2)30-20-8-5-15(9-18(20)23)24-22(28)19-10-21(31-25-19)14-3-6-17(7-4-14)29-12-16(27)11-26/h5-12,15,19H,13-14H2,1-4H3,(H,27,29);3-10,13,16,26-27H,11-12H2,1-2H3,(H,24,28). The lowest BCUT2D eigenvalue weighted by molar-refractivity contribution is -0.141. The van der Waals surface area contributed by atoms with E-state index >= 15 is 0 Å². The third-order valence-electron chi connectivity index (χ3n) is 9.02. The summed E-state index contributed by atoms with van der Waals surface area (Å²) in [6, 6.07) is 27.3. The maximum Gasteiger partial charge on any atom is 0.277 e. The van der Waals surface area contributed by atoms with E-state index in [9.17, 15) is 14.7 Å². The Bertz CT molecular complexity index is 2510. The Morgan fingerprint density at radius 2 is 1.18 bits per heavy atom. The average Bonchev–Trinajstić information content (AvgIpc) is 4.05. The predicted octanol–water partition coefficient (Wildman–Crippen LogP) is 9.33. The molecule has 18 heteroatoms. The van der Waals surface area contributed by atoms with Gasteiger partial charge in [-0.25, -0.2) is 0 Å². The third kappa shape index (κ3) is 14.2. The minimum Gasteiger partial charge on any atom is -0.491 e. The van der Waals surface area contributed by atoms with Crippen LogP contribution in [0.3, 0.4) is 0 Å². The molecule has 2 amide bonds. The van der Waals surface area contributed by atoms with Crippen LogP contribution in [0.1, 0.15) is 62.5 Å². The van der Waals surface area contributed by atoms with Crippen molar-refractivity contribution in [3.8, 4) is 45.6 Å². The summed E-state index contributed by atoms with van der Waals surface area (Å²) >= 11 is 12.4. The fraction of sp³-hybridized carbons (Fsp3) is 0.319. The highest BCUT2D eigenvalue weighted by molar-refractivity contribution is 6.32. The van der Waals surface area contributed by atoms with Crippen molar-refractivity contribution >= 4 is 46.4 Å². The van der Waals surface area contributed by atoms with Gasteiger partial charge in [0.1, 0.15) is 48.4 Å². The Kier molecular flexibility index (Phi) is 16.5. The lowest BCUT2D eigenvalue weighted by Gasteiger charge is -2.17. The maximum absolute atomic E-state index is 12.6. The van der Waals surface area contributed by atoms with E-state index in [0.29, 0.717) is 74.7 Å². The van der Waals surface area contributed by atoms with Crippen molar-refractivity contribution in [1.29, 1.82) is 0 Å². The van der Waals surface area contributed by atoms with Gasteiger partial charge in [0, 0.05) is 34.6 Å².